The van der Waals surface area contributed by atoms with Crippen LogP contribution in [0.5, 0.6) is 0 Å². The minimum atomic E-state index is -0.392. The van der Waals surface area contributed by atoms with E-state index in [1.807, 2.05) is 18.7 Å². The minimum Gasteiger partial charge on any atom is -0.356 e. The van der Waals surface area contributed by atoms with E-state index in [1.165, 1.54) is 6.92 Å². The van der Waals surface area contributed by atoms with Gasteiger partial charge in [-0.2, -0.15) is 0 Å². The largest absolute Gasteiger partial charge is 0.356 e. The second-order valence-corrected chi connectivity index (χ2v) is 5.48. The first-order valence-corrected chi connectivity index (χ1v) is 6.70. The monoisotopic (exact) mass is 291 g/mol. The second kappa shape index (κ2) is 8.38. The van der Waals surface area contributed by atoms with Crippen LogP contribution in [0, 0.1) is 11.8 Å². The number of amides is 2. The zero-order valence-electron chi connectivity index (χ0n) is 12.0. The first kappa shape index (κ1) is 18.2. The summed E-state index contributed by atoms with van der Waals surface area (Å²) < 4.78 is 0. The highest BCUT2D eigenvalue weighted by molar-refractivity contribution is 5.85. The number of rotatable bonds is 4. The van der Waals surface area contributed by atoms with Crippen molar-refractivity contribution in [2.75, 3.05) is 19.6 Å². The third kappa shape index (κ3) is 5.78. The van der Waals surface area contributed by atoms with E-state index in [2.05, 4.69) is 5.32 Å². The Morgan fingerprint density at radius 1 is 1.32 bits per heavy atom. The molecule has 0 aromatic rings. The summed E-state index contributed by atoms with van der Waals surface area (Å²) in [5.74, 6) is 0.723. The maximum absolute atomic E-state index is 12.0. The van der Waals surface area contributed by atoms with Gasteiger partial charge in [0.1, 0.15) is 0 Å². The number of carbonyl (C=O) groups excluding carboxylic acids is 2. The van der Waals surface area contributed by atoms with Gasteiger partial charge in [-0.05, 0) is 24.7 Å². The van der Waals surface area contributed by atoms with Crippen LogP contribution in [0.3, 0.4) is 0 Å². The molecule has 0 aromatic heterocycles. The predicted octanol–water partition coefficient (Wildman–Crippen LogP) is 0.766. The van der Waals surface area contributed by atoms with Crippen molar-refractivity contribution in [1.29, 1.82) is 0 Å². The molecule has 0 aromatic carbocycles. The molecule has 1 heterocycles. The van der Waals surface area contributed by atoms with Gasteiger partial charge in [0.25, 0.3) is 0 Å². The van der Waals surface area contributed by atoms with E-state index in [0.717, 1.165) is 25.9 Å². The number of likely N-dealkylation sites (tertiary alicyclic amines) is 1. The van der Waals surface area contributed by atoms with Crippen LogP contribution in [0.1, 0.15) is 33.6 Å². The van der Waals surface area contributed by atoms with Gasteiger partial charge in [-0.25, -0.2) is 0 Å². The van der Waals surface area contributed by atoms with Crippen molar-refractivity contribution in [3.05, 3.63) is 0 Å². The molecule has 0 spiro atoms. The predicted molar refractivity (Wildman–Crippen MR) is 78.0 cm³/mol. The molecular formula is C13H26ClN3O2. The Morgan fingerprint density at radius 3 is 2.26 bits per heavy atom. The summed E-state index contributed by atoms with van der Waals surface area (Å²) in [6, 6.07) is -0.392. The second-order valence-electron chi connectivity index (χ2n) is 5.48. The number of hydrogen-bond donors (Lipinski definition) is 2. The lowest BCUT2D eigenvalue weighted by atomic mass is 9.95. The van der Waals surface area contributed by atoms with Crippen molar-refractivity contribution in [2.45, 2.75) is 39.7 Å². The lowest BCUT2D eigenvalue weighted by Crippen LogP contribution is -2.50. The lowest BCUT2D eigenvalue weighted by Gasteiger charge is -2.34. The number of nitrogens with zero attached hydrogens (tertiary/aromatic N) is 1. The van der Waals surface area contributed by atoms with E-state index in [4.69, 9.17) is 5.73 Å². The van der Waals surface area contributed by atoms with E-state index in [0.29, 0.717) is 12.5 Å². The maximum Gasteiger partial charge on any atom is 0.239 e. The fourth-order valence-electron chi connectivity index (χ4n) is 2.14. The molecule has 6 heteroatoms. The Morgan fingerprint density at radius 2 is 1.84 bits per heavy atom. The van der Waals surface area contributed by atoms with Crippen LogP contribution in [-0.4, -0.2) is 42.4 Å². The molecule has 0 bridgehead atoms. The summed E-state index contributed by atoms with van der Waals surface area (Å²) in [5, 5.41) is 2.83. The van der Waals surface area contributed by atoms with Gasteiger partial charge < -0.3 is 16.0 Å². The first-order chi connectivity index (χ1) is 8.41. The fourth-order valence-corrected chi connectivity index (χ4v) is 2.14. The number of piperidine rings is 1. The van der Waals surface area contributed by atoms with Crippen molar-refractivity contribution >= 4 is 24.2 Å². The number of carbonyl (C=O) groups is 2. The Hall–Kier alpha value is -0.810. The first-order valence-electron chi connectivity index (χ1n) is 6.70. The quantitative estimate of drug-likeness (QED) is 0.803. The third-order valence-corrected chi connectivity index (χ3v) is 3.57. The van der Waals surface area contributed by atoms with Gasteiger partial charge in [-0.3, -0.25) is 9.59 Å². The Bertz CT molecular complexity index is 302. The molecule has 1 unspecified atom stereocenters. The van der Waals surface area contributed by atoms with Crippen LogP contribution in [0.15, 0.2) is 0 Å². The van der Waals surface area contributed by atoms with E-state index >= 15 is 0 Å². The normalized spacial score (nSPS) is 17.8. The van der Waals surface area contributed by atoms with Crippen molar-refractivity contribution < 1.29 is 9.59 Å². The van der Waals surface area contributed by atoms with Gasteiger partial charge in [0, 0.05) is 26.6 Å². The van der Waals surface area contributed by atoms with Crippen molar-refractivity contribution in [2.24, 2.45) is 17.6 Å². The van der Waals surface area contributed by atoms with Gasteiger partial charge in [-0.15, -0.1) is 12.4 Å². The fraction of sp³-hybridized carbons (Fsp3) is 0.846. The molecule has 112 valence electrons. The summed E-state index contributed by atoms with van der Waals surface area (Å²) >= 11 is 0. The third-order valence-electron chi connectivity index (χ3n) is 3.57. The van der Waals surface area contributed by atoms with Gasteiger partial charge in [-0.1, -0.05) is 13.8 Å². The molecule has 0 saturated carbocycles. The van der Waals surface area contributed by atoms with E-state index in [9.17, 15) is 9.59 Å². The van der Waals surface area contributed by atoms with Crippen LogP contribution >= 0.6 is 12.4 Å². The van der Waals surface area contributed by atoms with E-state index in [1.54, 1.807) is 0 Å². The highest BCUT2D eigenvalue weighted by Gasteiger charge is 2.27. The average molecular weight is 292 g/mol. The average Bonchev–Trinajstić information content (AvgIpc) is 2.35. The molecule has 1 saturated heterocycles. The van der Waals surface area contributed by atoms with Crippen LogP contribution < -0.4 is 11.1 Å². The number of nitrogens with one attached hydrogen (secondary N) is 1. The SMILES string of the molecule is CC(=O)NCC1CCN(C(=O)C(N)C(C)C)CC1.Cl. The molecule has 0 aliphatic carbocycles. The van der Waals surface area contributed by atoms with E-state index in [-0.39, 0.29) is 30.1 Å². The summed E-state index contributed by atoms with van der Waals surface area (Å²) in [6.45, 7) is 7.68. The van der Waals surface area contributed by atoms with Crippen molar-refractivity contribution in [3.63, 3.8) is 0 Å². The molecule has 1 atom stereocenters. The van der Waals surface area contributed by atoms with Crippen LogP contribution in [0.2, 0.25) is 0 Å². The van der Waals surface area contributed by atoms with Crippen LogP contribution in [0.4, 0.5) is 0 Å². The molecule has 19 heavy (non-hydrogen) atoms. The molecule has 1 aliphatic rings. The molecular weight excluding hydrogens is 266 g/mol. The zero-order chi connectivity index (χ0) is 13.7. The molecule has 2 amide bonds. The number of halogens is 1. The van der Waals surface area contributed by atoms with Crippen LogP contribution in [-0.2, 0) is 9.59 Å². The van der Waals surface area contributed by atoms with E-state index < -0.39 is 6.04 Å². The topological polar surface area (TPSA) is 75.4 Å². The van der Waals surface area contributed by atoms with Crippen LogP contribution in [0.25, 0.3) is 0 Å². The zero-order valence-corrected chi connectivity index (χ0v) is 12.8. The highest BCUT2D eigenvalue weighted by Crippen LogP contribution is 2.17. The van der Waals surface area contributed by atoms with Gasteiger partial charge >= 0.3 is 0 Å². The lowest BCUT2D eigenvalue weighted by molar-refractivity contribution is -0.135. The molecule has 1 fully saturated rings. The molecule has 0 radical (unpaired) electrons. The smallest absolute Gasteiger partial charge is 0.239 e. The van der Waals surface area contributed by atoms with Gasteiger partial charge in [0.2, 0.25) is 11.8 Å². The number of nitrogens with two attached hydrogens (primary N) is 1. The molecule has 1 rings (SSSR count). The summed E-state index contributed by atoms with van der Waals surface area (Å²) in [4.78, 5) is 24.7. The van der Waals surface area contributed by atoms with Gasteiger partial charge in [0.15, 0.2) is 0 Å². The minimum absolute atomic E-state index is 0. The van der Waals surface area contributed by atoms with Crippen molar-refractivity contribution in [3.8, 4) is 0 Å². The Labute approximate surface area is 121 Å². The molecule has 1 aliphatic heterocycles. The Balaban J connectivity index is 0.00000324. The maximum atomic E-state index is 12.0. The molecule has 3 N–H and O–H groups in total. The highest BCUT2D eigenvalue weighted by atomic mass is 35.5. The Kier molecular flexibility index (Phi) is 8.02. The summed E-state index contributed by atoms with van der Waals surface area (Å²) in [5.41, 5.74) is 5.88. The van der Waals surface area contributed by atoms with Gasteiger partial charge in [0.05, 0.1) is 6.04 Å². The number of hydrogen-bond acceptors (Lipinski definition) is 3. The summed E-state index contributed by atoms with van der Waals surface area (Å²) in [7, 11) is 0. The van der Waals surface area contributed by atoms with Crippen molar-refractivity contribution in [1.82, 2.24) is 10.2 Å². The standard InChI is InChI=1S/C13H25N3O2.ClH/c1-9(2)12(14)13(18)16-6-4-11(5-7-16)8-15-10(3)17;/h9,11-12H,4-8,14H2,1-3H3,(H,15,17);1H. The summed E-state index contributed by atoms with van der Waals surface area (Å²) in [6.07, 6.45) is 1.88. The molecule has 5 nitrogen and oxygen atoms in total.